The first-order valence-corrected chi connectivity index (χ1v) is 14.3. The number of hydrogen-bond acceptors (Lipinski definition) is 0. The predicted molar refractivity (Wildman–Crippen MR) is 141 cm³/mol. The molecular weight excluding hydrogens is 391 g/mol. The minimum absolute atomic E-state index is 0.791. The van der Waals surface area contributed by atoms with E-state index < -0.39 is 7.26 Å². The van der Waals surface area contributed by atoms with Crippen molar-refractivity contribution in [2.45, 2.75) is 64.2 Å². The maximum absolute atomic E-state index is 2.55. The Kier molecular flexibility index (Phi) is 5.39. The van der Waals surface area contributed by atoms with Gasteiger partial charge in [0.1, 0.15) is 0 Å². The molecule has 1 aliphatic rings. The van der Waals surface area contributed by atoms with Crippen molar-refractivity contribution in [3.05, 3.63) is 83.9 Å². The van der Waals surface area contributed by atoms with Crippen molar-refractivity contribution in [3.63, 3.8) is 0 Å². The highest BCUT2D eigenvalue weighted by molar-refractivity contribution is 7.75. The van der Waals surface area contributed by atoms with Gasteiger partial charge in [0.05, 0.1) is 23.6 Å². The average Bonchev–Trinajstić information content (AvgIpc) is 2.98. The van der Waals surface area contributed by atoms with Crippen LogP contribution in [0, 0.1) is 0 Å². The minimum Gasteiger partial charge on any atom is -0.0617 e. The Balaban J connectivity index is 1.92. The van der Waals surface area contributed by atoms with Crippen LogP contribution in [-0.2, 0) is 12.3 Å². The second-order valence-corrected chi connectivity index (χ2v) is 14.2. The number of benzene rings is 4. The molecule has 0 saturated carbocycles. The standard InChI is InChI=1S/C30H34P/c1-5-21(3)31(22(4)6-2)19-25-17-15-23-11-7-9-13-27(23)29(25)30-26(20-31)18-16-24-12-8-10-14-28(24)30/h7-18,21-22H,5-6,19-20H2,1-4H3/q+1. The third kappa shape index (κ3) is 3.23. The van der Waals surface area contributed by atoms with Gasteiger partial charge in [-0.2, -0.15) is 0 Å². The molecule has 1 aliphatic heterocycles. The molecule has 0 amide bonds. The molecule has 5 rings (SSSR count). The van der Waals surface area contributed by atoms with Crippen LogP contribution in [0.15, 0.2) is 72.8 Å². The first-order valence-electron chi connectivity index (χ1n) is 12.0. The summed E-state index contributed by atoms with van der Waals surface area (Å²) in [6, 6.07) is 27.7. The lowest BCUT2D eigenvalue weighted by atomic mass is 9.88. The zero-order valence-corrected chi connectivity index (χ0v) is 20.3. The van der Waals surface area contributed by atoms with E-state index in [-0.39, 0.29) is 0 Å². The second kappa shape index (κ2) is 8.07. The molecule has 0 nitrogen and oxygen atoms in total. The van der Waals surface area contributed by atoms with Gasteiger partial charge in [-0.05, 0) is 70.5 Å². The summed E-state index contributed by atoms with van der Waals surface area (Å²) in [5.74, 6) is 0. The first-order chi connectivity index (χ1) is 15.1. The highest BCUT2D eigenvalue weighted by atomic mass is 31.2. The second-order valence-electron chi connectivity index (χ2n) is 9.58. The molecular formula is C30H34P+. The quantitative estimate of drug-likeness (QED) is 0.286. The molecule has 0 bridgehead atoms. The fourth-order valence-corrected chi connectivity index (χ4v) is 11.4. The van der Waals surface area contributed by atoms with E-state index in [4.69, 9.17) is 0 Å². The third-order valence-corrected chi connectivity index (χ3v) is 14.2. The molecule has 0 spiro atoms. The molecule has 0 fully saturated rings. The van der Waals surface area contributed by atoms with Gasteiger partial charge in [0.2, 0.25) is 0 Å². The summed E-state index contributed by atoms with van der Waals surface area (Å²) in [6.07, 6.45) is 5.12. The normalized spacial score (nSPS) is 17.0. The van der Waals surface area contributed by atoms with Gasteiger partial charge in [0.25, 0.3) is 0 Å². The van der Waals surface area contributed by atoms with Crippen molar-refractivity contribution in [1.29, 1.82) is 0 Å². The molecule has 4 aromatic rings. The van der Waals surface area contributed by atoms with Crippen LogP contribution in [0.2, 0.25) is 0 Å². The van der Waals surface area contributed by atoms with Crippen LogP contribution in [0.4, 0.5) is 0 Å². The topological polar surface area (TPSA) is 0 Å². The van der Waals surface area contributed by atoms with E-state index in [1.165, 1.54) is 57.8 Å². The smallest absolute Gasteiger partial charge is 0.0617 e. The summed E-state index contributed by atoms with van der Waals surface area (Å²) in [5, 5.41) is 5.56. The zero-order valence-electron chi connectivity index (χ0n) is 19.4. The van der Waals surface area contributed by atoms with Crippen molar-refractivity contribution in [3.8, 4) is 11.1 Å². The van der Waals surface area contributed by atoms with E-state index in [2.05, 4.69) is 100 Å². The monoisotopic (exact) mass is 425 g/mol. The first kappa shape index (κ1) is 20.7. The fourth-order valence-electron chi connectivity index (χ4n) is 5.96. The lowest BCUT2D eigenvalue weighted by Gasteiger charge is -2.37. The molecule has 4 aromatic carbocycles. The summed E-state index contributed by atoms with van der Waals surface area (Å²) in [6.45, 7) is 9.91. The summed E-state index contributed by atoms with van der Waals surface area (Å²) in [7, 11) is -1.24. The Morgan fingerprint density at radius 3 is 1.45 bits per heavy atom. The molecule has 31 heavy (non-hydrogen) atoms. The molecule has 1 heteroatoms. The molecule has 2 atom stereocenters. The SMILES string of the molecule is CCC(C)[P+]1(C(C)CC)Cc2ccc3ccccc3c2-c2c(ccc3ccccc23)C1. The van der Waals surface area contributed by atoms with Crippen molar-refractivity contribution < 1.29 is 0 Å². The highest BCUT2D eigenvalue weighted by Gasteiger charge is 2.49. The maximum atomic E-state index is 2.55. The van der Waals surface area contributed by atoms with Crippen LogP contribution in [0.5, 0.6) is 0 Å². The van der Waals surface area contributed by atoms with Crippen LogP contribution >= 0.6 is 7.26 Å². The van der Waals surface area contributed by atoms with Gasteiger partial charge in [-0.25, -0.2) is 0 Å². The van der Waals surface area contributed by atoms with Gasteiger partial charge >= 0.3 is 0 Å². The Bertz CT molecular complexity index is 1150. The van der Waals surface area contributed by atoms with Gasteiger partial charge in [-0.15, -0.1) is 0 Å². The summed E-state index contributed by atoms with van der Waals surface area (Å²) in [5.41, 5.74) is 7.78. The van der Waals surface area contributed by atoms with E-state index >= 15 is 0 Å². The van der Waals surface area contributed by atoms with Crippen LogP contribution in [0.3, 0.4) is 0 Å². The summed E-state index contributed by atoms with van der Waals surface area (Å²) < 4.78 is 0. The van der Waals surface area contributed by atoms with Crippen molar-refractivity contribution in [2.75, 3.05) is 0 Å². The molecule has 0 N–H and O–H groups in total. The fraction of sp³-hybridized carbons (Fsp3) is 0.333. The Labute approximate surface area is 188 Å². The van der Waals surface area contributed by atoms with Crippen molar-refractivity contribution in [1.82, 2.24) is 0 Å². The highest BCUT2D eigenvalue weighted by Crippen LogP contribution is 2.74. The predicted octanol–water partition coefficient (Wildman–Crippen LogP) is 9.29. The molecule has 0 aliphatic carbocycles. The van der Waals surface area contributed by atoms with Crippen LogP contribution < -0.4 is 0 Å². The molecule has 0 radical (unpaired) electrons. The van der Waals surface area contributed by atoms with Crippen LogP contribution in [0.25, 0.3) is 32.7 Å². The van der Waals surface area contributed by atoms with Gasteiger partial charge in [-0.3, -0.25) is 0 Å². The summed E-state index contributed by atoms with van der Waals surface area (Å²) in [4.78, 5) is 0. The van der Waals surface area contributed by atoms with E-state index in [9.17, 15) is 0 Å². The average molecular weight is 426 g/mol. The molecule has 1 heterocycles. The Hall–Kier alpha value is -2.17. The minimum atomic E-state index is -1.24. The summed E-state index contributed by atoms with van der Waals surface area (Å²) >= 11 is 0. The number of rotatable bonds is 4. The van der Waals surface area contributed by atoms with E-state index in [0.717, 1.165) is 11.3 Å². The Morgan fingerprint density at radius 1 is 0.613 bits per heavy atom. The van der Waals surface area contributed by atoms with Crippen LogP contribution in [0.1, 0.15) is 51.7 Å². The number of fused-ring (bicyclic) bond motifs is 7. The number of hydrogen-bond donors (Lipinski definition) is 0. The molecule has 0 aromatic heterocycles. The Morgan fingerprint density at radius 2 is 1.03 bits per heavy atom. The lowest BCUT2D eigenvalue weighted by molar-refractivity contribution is 0.802. The molecule has 0 saturated heterocycles. The largest absolute Gasteiger partial charge is 0.0857 e. The van der Waals surface area contributed by atoms with Gasteiger partial charge in [0, 0.05) is 7.26 Å². The van der Waals surface area contributed by atoms with Crippen molar-refractivity contribution >= 4 is 28.8 Å². The maximum Gasteiger partial charge on any atom is 0.0857 e. The van der Waals surface area contributed by atoms with E-state index in [1.54, 1.807) is 11.1 Å². The van der Waals surface area contributed by atoms with Crippen LogP contribution in [-0.4, -0.2) is 11.3 Å². The van der Waals surface area contributed by atoms with E-state index in [0.29, 0.717) is 0 Å². The zero-order chi connectivity index (χ0) is 21.6. The lowest BCUT2D eigenvalue weighted by Crippen LogP contribution is -2.22. The third-order valence-electron chi connectivity index (χ3n) is 8.15. The molecule has 158 valence electrons. The van der Waals surface area contributed by atoms with Crippen molar-refractivity contribution in [2.24, 2.45) is 0 Å². The van der Waals surface area contributed by atoms with Gasteiger partial charge in [-0.1, -0.05) is 86.6 Å². The van der Waals surface area contributed by atoms with E-state index in [1.807, 2.05) is 0 Å². The molecule has 2 unspecified atom stereocenters. The van der Waals surface area contributed by atoms with Gasteiger partial charge < -0.3 is 0 Å². The van der Waals surface area contributed by atoms with Gasteiger partial charge in [0.15, 0.2) is 0 Å².